The zero-order valence-electron chi connectivity index (χ0n) is 5.22. The van der Waals surface area contributed by atoms with Gasteiger partial charge in [0.25, 0.3) is 0 Å². The largest absolute Gasteiger partial charge is 0.258 e. The van der Waals surface area contributed by atoms with Crippen LogP contribution in [0.3, 0.4) is 0 Å². The summed E-state index contributed by atoms with van der Waals surface area (Å²) in [6, 6.07) is 3.63. The number of pyridine rings is 1. The highest BCUT2D eigenvalue weighted by Crippen LogP contribution is 2.01. The smallest absolute Gasteiger partial charge is 0.0413 e. The molecule has 0 saturated heterocycles. The summed E-state index contributed by atoms with van der Waals surface area (Å²) < 4.78 is 0. The molecule has 0 atom stereocenters. The highest BCUT2D eigenvalue weighted by molar-refractivity contribution is 5.26. The SMILES string of the molecule is [CH2]c1cc([CH2])nc([CH2])c1. The van der Waals surface area contributed by atoms with Gasteiger partial charge in [-0.1, -0.05) is 0 Å². The Morgan fingerprint density at radius 3 is 1.78 bits per heavy atom. The van der Waals surface area contributed by atoms with Gasteiger partial charge in [-0.15, -0.1) is 0 Å². The molecule has 0 bridgehead atoms. The molecule has 1 heterocycles. The van der Waals surface area contributed by atoms with Crippen molar-refractivity contribution in [1.29, 1.82) is 0 Å². The Bertz CT molecular complexity index is 165. The van der Waals surface area contributed by atoms with Gasteiger partial charge in [-0.05, 0) is 38.5 Å². The summed E-state index contributed by atoms with van der Waals surface area (Å²) in [5.41, 5.74) is 2.38. The molecule has 1 nitrogen and oxygen atoms in total. The van der Waals surface area contributed by atoms with E-state index in [4.69, 9.17) is 0 Å². The summed E-state index contributed by atoms with van der Waals surface area (Å²) in [5.74, 6) is 0. The van der Waals surface area contributed by atoms with E-state index in [1.807, 2.05) is 12.1 Å². The highest BCUT2D eigenvalue weighted by Gasteiger charge is 1.89. The lowest BCUT2D eigenvalue weighted by atomic mass is 10.2. The number of hydrogen-bond donors (Lipinski definition) is 0. The van der Waals surface area contributed by atoms with Crippen LogP contribution in [0.15, 0.2) is 12.1 Å². The molecule has 3 radical (unpaired) electrons. The summed E-state index contributed by atoms with van der Waals surface area (Å²) in [4.78, 5) is 3.97. The van der Waals surface area contributed by atoms with Crippen molar-refractivity contribution in [2.45, 2.75) is 0 Å². The second kappa shape index (κ2) is 2.18. The van der Waals surface area contributed by atoms with Gasteiger partial charge in [0, 0.05) is 11.4 Å². The van der Waals surface area contributed by atoms with Gasteiger partial charge in [-0.2, -0.15) is 0 Å². The zero-order valence-corrected chi connectivity index (χ0v) is 5.22. The average Bonchev–Trinajstić information content (AvgIpc) is 1.59. The molecule has 45 valence electrons. The van der Waals surface area contributed by atoms with E-state index in [0.717, 1.165) is 17.0 Å². The van der Waals surface area contributed by atoms with Crippen molar-refractivity contribution < 1.29 is 0 Å². The van der Waals surface area contributed by atoms with Crippen LogP contribution < -0.4 is 0 Å². The predicted molar refractivity (Wildman–Crippen MR) is 37.6 cm³/mol. The molecule has 9 heavy (non-hydrogen) atoms. The lowest BCUT2D eigenvalue weighted by Gasteiger charge is -1.95. The normalized spacial score (nSPS) is 9.67. The Hall–Kier alpha value is -0.850. The predicted octanol–water partition coefficient (Wildman–Crippen LogP) is 1.63. The van der Waals surface area contributed by atoms with E-state index < -0.39 is 0 Å². The van der Waals surface area contributed by atoms with Crippen LogP contribution in [0.2, 0.25) is 0 Å². The third-order valence-corrected chi connectivity index (χ3v) is 0.991. The minimum atomic E-state index is 0.729. The fourth-order valence-electron chi connectivity index (χ4n) is 0.719. The molecule has 0 fully saturated rings. The summed E-state index contributed by atoms with van der Waals surface area (Å²) in [6.07, 6.45) is 0. The Labute approximate surface area is 55.7 Å². The van der Waals surface area contributed by atoms with Crippen molar-refractivity contribution in [3.63, 3.8) is 0 Å². The summed E-state index contributed by atoms with van der Waals surface area (Å²) >= 11 is 0. The number of nitrogens with zero attached hydrogens (tertiary/aromatic N) is 1. The average molecular weight is 118 g/mol. The van der Waals surface area contributed by atoms with Gasteiger partial charge in [0.15, 0.2) is 0 Å². The van der Waals surface area contributed by atoms with E-state index in [1.54, 1.807) is 0 Å². The second-order valence-corrected chi connectivity index (χ2v) is 1.96. The fraction of sp³-hybridized carbons (Fsp3) is 0. The molecule has 0 aliphatic rings. The fourth-order valence-corrected chi connectivity index (χ4v) is 0.719. The van der Waals surface area contributed by atoms with Gasteiger partial charge >= 0.3 is 0 Å². The van der Waals surface area contributed by atoms with E-state index >= 15 is 0 Å². The van der Waals surface area contributed by atoms with Gasteiger partial charge in [0.2, 0.25) is 0 Å². The van der Waals surface area contributed by atoms with E-state index in [9.17, 15) is 0 Å². The van der Waals surface area contributed by atoms with Gasteiger partial charge in [0.05, 0.1) is 0 Å². The summed E-state index contributed by atoms with van der Waals surface area (Å²) in [6.45, 7) is 11.0. The molecule has 0 aliphatic heterocycles. The van der Waals surface area contributed by atoms with Gasteiger partial charge in [-0.25, -0.2) is 0 Å². The Morgan fingerprint density at radius 2 is 1.44 bits per heavy atom. The van der Waals surface area contributed by atoms with Gasteiger partial charge in [0.1, 0.15) is 0 Å². The second-order valence-electron chi connectivity index (χ2n) is 1.96. The molecule has 0 aliphatic carbocycles. The minimum Gasteiger partial charge on any atom is -0.258 e. The highest BCUT2D eigenvalue weighted by atomic mass is 14.7. The first-order valence-corrected chi connectivity index (χ1v) is 2.66. The summed E-state index contributed by atoms with van der Waals surface area (Å²) in [5, 5.41) is 0. The lowest BCUT2D eigenvalue weighted by Crippen LogP contribution is -1.85. The number of hydrogen-bond acceptors (Lipinski definition) is 1. The molecule has 1 rings (SSSR count). The van der Waals surface area contributed by atoms with Crippen LogP contribution in [0, 0.1) is 20.8 Å². The van der Waals surface area contributed by atoms with Crippen molar-refractivity contribution in [1.82, 2.24) is 4.98 Å². The molecule has 1 heteroatoms. The van der Waals surface area contributed by atoms with Crippen molar-refractivity contribution in [2.24, 2.45) is 0 Å². The molecule has 1 aromatic rings. The van der Waals surface area contributed by atoms with Crippen LogP contribution in [0.25, 0.3) is 0 Å². The molecule has 0 aromatic carbocycles. The van der Waals surface area contributed by atoms with Crippen LogP contribution in [-0.4, -0.2) is 4.98 Å². The van der Waals surface area contributed by atoms with E-state index in [2.05, 4.69) is 25.8 Å². The molecule has 0 N–H and O–H groups in total. The van der Waals surface area contributed by atoms with Crippen molar-refractivity contribution >= 4 is 0 Å². The van der Waals surface area contributed by atoms with Crippen LogP contribution in [0.5, 0.6) is 0 Å². The molecule has 1 aromatic heterocycles. The monoisotopic (exact) mass is 118 g/mol. The van der Waals surface area contributed by atoms with Crippen LogP contribution in [-0.2, 0) is 0 Å². The molecule has 0 amide bonds. The van der Waals surface area contributed by atoms with E-state index in [1.165, 1.54) is 0 Å². The van der Waals surface area contributed by atoms with Crippen LogP contribution >= 0.6 is 0 Å². The number of rotatable bonds is 0. The molecule has 0 spiro atoms. The van der Waals surface area contributed by atoms with E-state index in [-0.39, 0.29) is 0 Å². The Morgan fingerprint density at radius 1 is 1.00 bits per heavy atom. The molecular formula is C8H8N. The number of aromatic nitrogens is 1. The third kappa shape index (κ3) is 1.53. The minimum absolute atomic E-state index is 0.729. The quantitative estimate of drug-likeness (QED) is 0.504. The maximum absolute atomic E-state index is 3.97. The van der Waals surface area contributed by atoms with Crippen LogP contribution in [0.1, 0.15) is 17.0 Å². The zero-order chi connectivity index (χ0) is 6.85. The molecule has 0 unspecified atom stereocenters. The first-order chi connectivity index (χ1) is 4.18. The maximum atomic E-state index is 3.97. The topological polar surface area (TPSA) is 12.9 Å². The van der Waals surface area contributed by atoms with Crippen molar-refractivity contribution in [3.05, 3.63) is 49.9 Å². The lowest BCUT2D eigenvalue weighted by molar-refractivity contribution is 1.21. The van der Waals surface area contributed by atoms with Crippen molar-refractivity contribution in [2.75, 3.05) is 0 Å². The third-order valence-electron chi connectivity index (χ3n) is 0.991. The standard InChI is InChI=1S/C8H8N/c1-6-4-7(2)9-8(3)5-6/h4-5H,1-3H2. The van der Waals surface area contributed by atoms with Gasteiger partial charge in [-0.3, -0.25) is 4.98 Å². The van der Waals surface area contributed by atoms with E-state index in [0.29, 0.717) is 0 Å². The Kier molecular flexibility index (Phi) is 1.52. The van der Waals surface area contributed by atoms with Gasteiger partial charge < -0.3 is 0 Å². The molecule has 0 saturated carbocycles. The van der Waals surface area contributed by atoms with Crippen LogP contribution in [0.4, 0.5) is 0 Å². The first kappa shape index (κ1) is 6.27. The first-order valence-electron chi connectivity index (χ1n) is 2.66. The molecular weight excluding hydrogens is 110 g/mol. The summed E-state index contributed by atoms with van der Waals surface area (Å²) in [7, 11) is 0. The van der Waals surface area contributed by atoms with Crippen molar-refractivity contribution in [3.8, 4) is 0 Å². The maximum Gasteiger partial charge on any atom is 0.0413 e. The Balaban J connectivity index is 3.17.